The highest BCUT2D eigenvalue weighted by atomic mass is 16.4. The molecule has 0 radical (unpaired) electrons. The maximum atomic E-state index is 12.1. The first kappa shape index (κ1) is 14.9. The van der Waals surface area contributed by atoms with E-state index in [1.54, 1.807) is 12.1 Å². The Kier molecular flexibility index (Phi) is 4.18. The number of rotatable bonds is 5. The third-order valence-corrected chi connectivity index (χ3v) is 3.49. The molecular weight excluding hydrogens is 300 g/mol. The molecule has 0 spiro atoms. The largest absolute Gasteiger partial charge is 0.480 e. The molecule has 9 heteroatoms. The van der Waals surface area contributed by atoms with Gasteiger partial charge in [0.2, 0.25) is 0 Å². The number of aromatic nitrogens is 4. The average molecular weight is 316 g/mol. The molecule has 2 aromatic heterocycles. The molecule has 0 bridgehead atoms. The molecule has 1 fully saturated rings. The first-order chi connectivity index (χ1) is 11.1. The summed E-state index contributed by atoms with van der Waals surface area (Å²) in [5.41, 5.74) is 0.181. The van der Waals surface area contributed by atoms with E-state index < -0.39 is 11.9 Å². The Bertz CT molecular complexity index is 706. The zero-order valence-electron chi connectivity index (χ0n) is 12.3. The van der Waals surface area contributed by atoms with E-state index in [0.717, 1.165) is 31.7 Å². The van der Waals surface area contributed by atoms with E-state index in [-0.39, 0.29) is 18.1 Å². The van der Waals surface area contributed by atoms with Gasteiger partial charge in [0.25, 0.3) is 5.91 Å². The summed E-state index contributed by atoms with van der Waals surface area (Å²) in [7, 11) is 0. The van der Waals surface area contributed by atoms with Gasteiger partial charge >= 0.3 is 5.97 Å². The molecule has 0 aliphatic carbocycles. The molecule has 2 N–H and O–H groups in total. The first-order valence-corrected chi connectivity index (χ1v) is 7.27. The number of carboxylic acid groups (broad SMARTS) is 1. The van der Waals surface area contributed by atoms with E-state index >= 15 is 0 Å². The fourth-order valence-electron chi connectivity index (χ4n) is 2.40. The molecule has 3 rings (SSSR count). The summed E-state index contributed by atoms with van der Waals surface area (Å²) in [6.07, 6.45) is 3.76. The van der Waals surface area contributed by atoms with Gasteiger partial charge in [-0.1, -0.05) is 0 Å². The van der Waals surface area contributed by atoms with Gasteiger partial charge in [-0.3, -0.25) is 14.3 Å². The Morgan fingerprint density at radius 1 is 1.17 bits per heavy atom. The molecule has 3 heterocycles. The fraction of sp³-hybridized carbons (Fsp3) is 0.357. The maximum Gasteiger partial charge on any atom is 0.325 e. The average Bonchev–Trinajstić information content (AvgIpc) is 3.19. The van der Waals surface area contributed by atoms with Gasteiger partial charge in [0.05, 0.1) is 0 Å². The minimum atomic E-state index is -1.01. The summed E-state index contributed by atoms with van der Waals surface area (Å²) in [5, 5.41) is 23.2. The number of nitrogens with one attached hydrogen (secondary N) is 1. The van der Waals surface area contributed by atoms with Crippen molar-refractivity contribution in [2.75, 3.05) is 23.3 Å². The summed E-state index contributed by atoms with van der Waals surface area (Å²) in [5.74, 6) is -0.410. The van der Waals surface area contributed by atoms with Gasteiger partial charge in [-0.2, -0.15) is 5.10 Å². The Morgan fingerprint density at radius 3 is 2.61 bits per heavy atom. The van der Waals surface area contributed by atoms with Crippen molar-refractivity contribution in [1.82, 2.24) is 20.0 Å². The number of hydrogen-bond donors (Lipinski definition) is 2. The molecule has 0 saturated carbocycles. The standard InChI is InChI=1S/C14H16N6O3/c21-13(22)9-20-8-5-11(18-20)15-14(23)10-3-4-12(17-16-10)19-6-1-2-7-19/h3-5,8H,1-2,6-7,9H2,(H,21,22)(H,15,18,23). The van der Waals surface area contributed by atoms with E-state index in [2.05, 4.69) is 25.5 Å². The first-order valence-electron chi connectivity index (χ1n) is 7.27. The minimum Gasteiger partial charge on any atom is -0.480 e. The van der Waals surface area contributed by atoms with Gasteiger partial charge in [-0.05, 0) is 25.0 Å². The molecule has 23 heavy (non-hydrogen) atoms. The Morgan fingerprint density at radius 2 is 1.96 bits per heavy atom. The van der Waals surface area contributed by atoms with Crippen LogP contribution in [0.3, 0.4) is 0 Å². The minimum absolute atomic E-state index is 0.181. The lowest BCUT2D eigenvalue weighted by Crippen LogP contribution is -2.21. The number of nitrogens with zero attached hydrogens (tertiary/aromatic N) is 5. The topological polar surface area (TPSA) is 113 Å². The van der Waals surface area contributed by atoms with E-state index in [4.69, 9.17) is 5.11 Å². The molecule has 1 aliphatic heterocycles. The Labute approximate surface area is 131 Å². The van der Waals surface area contributed by atoms with Crippen molar-refractivity contribution in [3.63, 3.8) is 0 Å². The van der Waals surface area contributed by atoms with Crippen LogP contribution in [0.25, 0.3) is 0 Å². The van der Waals surface area contributed by atoms with Crippen LogP contribution in [0.15, 0.2) is 24.4 Å². The fourth-order valence-corrected chi connectivity index (χ4v) is 2.40. The zero-order chi connectivity index (χ0) is 16.2. The summed E-state index contributed by atoms with van der Waals surface area (Å²) < 4.78 is 1.22. The summed E-state index contributed by atoms with van der Waals surface area (Å²) in [4.78, 5) is 24.8. The zero-order valence-corrected chi connectivity index (χ0v) is 12.3. The van der Waals surface area contributed by atoms with Crippen molar-refractivity contribution in [3.8, 4) is 0 Å². The van der Waals surface area contributed by atoms with Crippen molar-refractivity contribution in [2.45, 2.75) is 19.4 Å². The Hall–Kier alpha value is -2.97. The van der Waals surface area contributed by atoms with Gasteiger partial charge in [-0.15, -0.1) is 10.2 Å². The number of amides is 1. The third kappa shape index (κ3) is 3.62. The lowest BCUT2D eigenvalue weighted by Gasteiger charge is -2.15. The number of carboxylic acids is 1. The van der Waals surface area contributed by atoms with Crippen molar-refractivity contribution >= 4 is 23.5 Å². The molecule has 1 aliphatic rings. The van der Waals surface area contributed by atoms with Crippen molar-refractivity contribution < 1.29 is 14.7 Å². The van der Waals surface area contributed by atoms with Crippen molar-refractivity contribution in [1.29, 1.82) is 0 Å². The molecule has 1 saturated heterocycles. The summed E-state index contributed by atoms with van der Waals surface area (Å²) in [6.45, 7) is 1.66. The van der Waals surface area contributed by atoms with E-state index in [1.165, 1.54) is 16.9 Å². The second-order valence-corrected chi connectivity index (χ2v) is 5.22. The van der Waals surface area contributed by atoms with Crippen LogP contribution in [-0.4, -0.2) is 50.1 Å². The highest BCUT2D eigenvalue weighted by Gasteiger charge is 2.16. The molecular formula is C14H16N6O3. The number of hydrogen-bond acceptors (Lipinski definition) is 6. The molecule has 0 aromatic carbocycles. The molecule has 2 aromatic rings. The van der Waals surface area contributed by atoms with Crippen LogP contribution in [0.2, 0.25) is 0 Å². The second kappa shape index (κ2) is 6.42. The second-order valence-electron chi connectivity index (χ2n) is 5.22. The van der Waals surface area contributed by atoms with Crippen LogP contribution in [0.4, 0.5) is 11.6 Å². The monoisotopic (exact) mass is 316 g/mol. The predicted molar refractivity (Wildman–Crippen MR) is 81.3 cm³/mol. The summed E-state index contributed by atoms with van der Waals surface area (Å²) in [6, 6.07) is 4.91. The van der Waals surface area contributed by atoms with Crippen molar-refractivity contribution in [3.05, 3.63) is 30.1 Å². The van der Waals surface area contributed by atoms with Gasteiger partial charge in [0.15, 0.2) is 17.3 Å². The van der Waals surface area contributed by atoms with Gasteiger partial charge in [0.1, 0.15) is 6.54 Å². The quantitative estimate of drug-likeness (QED) is 0.830. The van der Waals surface area contributed by atoms with Crippen LogP contribution in [0, 0.1) is 0 Å². The smallest absolute Gasteiger partial charge is 0.325 e. The van der Waals surface area contributed by atoms with Crippen molar-refractivity contribution in [2.24, 2.45) is 0 Å². The Balaban J connectivity index is 1.63. The molecule has 9 nitrogen and oxygen atoms in total. The molecule has 120 valence electrons. The SMILES string of the molecule is O=C(O)Cn1ccc(NC(=O)c2ccc(N3CCCC3)nn2)n1. The van der Waals surface area contributed by atoms with Gasteiger partial charge < -0.3 is 15.3 Å². The van der Waals surface area contributed by atoms with Gasteiger partial charge in [0, 0.05) is 25.4 Å². The summed E-state index contributed by atoms with van der Waals surface area (Å²) >= 11 is 0. The van der Waals surface area contributed by atoms with E-state index in [0.29, 0.717) is 0 Å². The number of anilines is 2. The van der Waals surface area contributed by atoms with Crippen LogP contribution in [-0.2, 0) is 11.3 Å². The molecule has 1 amide bonds. The predicted octanol–water partition coefficient (Wildman–Crippen LogP) is 0.610. The number of aliphatic carboxylic acids is 1. The highest BCUT2D eigenvalue weighted by molar-refractivity contribution is 6.02. The van der Waals surface area contributed by atoms with Crippen LogP contribution < -0.4 is 10.2 Å². The maximum absolute atomic E-state index is 12.1. The van der Waals surface area contributed by atoms with Crippen LogP contribution in [0.1, 0.15) is 23.3 Å². The third-order valence-electron chi connectivity index (χ3n) is 3.49. The van der Waals surface area contributed by atoms with Gasteiger partial charge in [-0.25, -0.2) is 0 Å². The van der Waals surface area contributed by atoms with E-state index in [1.807, 2.05) is 0 Å². The number of carbonyl (C=O) groups is 2. The highest BCUT2D eigenvalue weighted by Crippen LogP contribution is 2.16. The lowest BCUT2D eigenvalue weighted by molar-refractivity contribution is -0.137. The van der Waals surface area contributed by atoms with Crippen LogP contribution in [0.5, 0.6) is 0 Å². The molecule has 0 atom stereocenters. The van der Waals surface area contributed by atoms with Crippen LogP contribution >= 0.6 is 0 Å². The lowest BCUT2D eigenvalue weighted by atomic mass is 10.3. The van der Waals surface area contributed by atoms with E-state index in [9.17, 15) is 9.59 Å². The number of carbonyl (C=O) groups excluding carboxylic acids is 1. The normalized spacial score (nSPS) is 14.0. The molecule has 0 unspecified atom stereocenters.